The molecular formula is C15H17N5O3. The Hall–Kier alpha value is -2.69. The quantitative estimate of drug-likeness (QED) is 0.766. The zero-order chi connectivity index (χ0) is 16.4. The fourth-order valence-electron chi connectivity index (χ4n) is 2.96. The molecule has 2 unspecified atom stereocenters. The summed E-state index contributed by atoms with van der Waals surface area (Å²) >= 11 is 0. The lowest BCUT2D eigenvalue weighted by molar-refractivity contribution is -0.135. The predicted octanol–water partition coefficient (Wildman–Crippen LogP) is -0.194. The first-order valence-electron chi connectivity index (χ1n) is 7.49. The molecule has 2 saturated heterocycles. The minimum Gasteiger partial charge on any atom is -0.470 e. The van der Waals surface area contributed by atoms with Crippen molar-refractivity contribution >= 4 is 11.8 Å². The first-order chi connectivity index (χ1) is 11.1. The Morgan fingerprint density at radius 1 is 1.39 bits per heavy atom. The highest BCUT2D eigenvalue weighted by Crippen LogP contribution is 2.23. The Balaban J connectivity index is 1.59. The molecule has 23 heavy (non-hydrogen) atoms. The van der Waals surface area contributed by atoms with Crippen LogP contribution in [0.4, 0.5) is 0 Å². The van der Waals surface area contributed by atoms with Gasteiger partial charge in [-0.3, -0.25) is 9.59 Å². The van der Waals surface area contributed by atoms with Crippen LogP contribution in [0.2, 0.25) is 0 Å². The van der Waals surface area contributed by atoms with Crippen LogP contribution in [0.15, 0.2) is 12.4 Å². The van der Waals surface area contributed by atoms with Gasteiger partial charge >= 0.3 is 0 Å². The van der Waals surface area contributed by atoms with E-state index in [4.69, 9.17) is 10.00 Å². The number of ether oxygens (including phenoxy) is 1. The van der Waals surface area contributed by atoms with Gasteiger partial charge in [-0.15, -0.1) is 0 Å². The van der Waals surface area contributed by atoms with E-state index >= 15 is 0 Å². The number of likely N-dealkylation sites (tertiary alicyclic amines) is 2. The summed E-state index contributed by atoms with van der Waals surface area (Å²) in [6.45, 7) is 1.50. The van der Waals surface area contributed by atoms with Gasteiger partial charge in [0.05, 0.1) is 12.5 Å². The highest BCUT2D eigenvalue weighted by atomic mass is 16.5. The van der Waals surface area contributed by atoms with E-state index in [1.807, 2.05) is 6.07 Å². The molecule has 0 bridgehead atoms. The maximum Gasteiger partial charge on any atom is 0.251 e. The van der Waals surface area contributed by atoms with Crippen molar-refractivity contribution in [1.29, 1.82) is 5.26 Å². The Kier molecular flexibility index (Phi) is 4.10. The number of hydrogen-bond donors (Lipinski definition) is 0. The smallest absolute Gasteiger partial charge is 0.251 e. The summed E-state index contributed by atoms with van der Waals surface area (Å²) in [5.74, 6) is -0.0652. The van der Waals surface area contributed by atoms with E-state index in [2.05, 4.69) is 9.97 Å². The summed E-state index contributed by atoms with van der Waals surface area (Å²) in [4.78, 5) is 35.3. The molecule has 2 fully saturated rings. The van der Waals surface area contributed by atoms with E-state index in [0.717, 1.165) is 0 Å². The lowest BCUT2D eigenvalue weighted by atomic mass is 10.1. The van der Waals surface area contributed by atoms with Crippen LogP contribution >= 0.6 is 0 Å². The molecule has 8 heteroatoms. The third-order valence-electron chi connectivity index (χ3n) is 4.20. The number of amides is 2. The normalized spacial score (nSPS) is 23.9. The van der Waals surface area contributed by atoms with Crippen molar-refractivity contribution in [3.8, 4) is 11.9 Å². The first kappa shape index (κ1) is 15.2. The third-order valence-corrected chi connectivity index (χ3v) is 4.20. The molecule has 0 radical (unpaired) electrons. The zero-order valence-corrected chi connectivity index (χ0v) is 12.8. The number of rotatable bonds is 3. The molecule has 8 nitrogen and oxygen atoms in total. The average molecular weight is 315 g/mol. The number of carbonyl (C=O) groups is 2. The van der Waals surface area contributed by atoms with Gasteiger partial charge < -0.3 is 14.5 Å². The van der Waals surface area contributed by atoms with Crippen molar-refractivity contribution in [1.82, 2.24) is 19.8 Å². The highest BCUT2D eigenvalue weighted by Gasteiger charge is 2.37. The maximum absolute atomic E-state index is 12.5. The molecule has 0 spiro atoms. The fraction of sp³-hybridized carbons (Fsp3) is 0.533. The molecule has 2 aliphatic rings. The maximum atomic E-state index is 12.5. The highest BCUT2D eigenvalue weighted by molar-refractivity contribution is 5.89. The van der Waals surface area contributed by atoms with Gasteiger partial charge in [-0.1, -0.05) is 0 Å². The molecule has 3 heterocycles. The molecule has 1 aromatic heterocycles. The second-order valence-electron chi connectivity index (χ2n) is 5.81. The summed E-state index contributed by atoms with van der Waals surface area (Å²) in [7, 11) is 1.71. The minimum atomic E-state index is -0.266. The van der Waals surface area contributed by atoms with Crippen LogP contribution in [0.1, 0.15) is 18.5 Å². The Morgan fingerprint density at radius 2 is 2.17 bits per heavy atom. The third kappa shape index (κ3) is 3.08. The van der Waals surface area contributed by atoms with E-state index in [9.17, 15) is 9.59 Å². The van der Waals surface area contributed by atoms with Crippen molar-refractivity contribution in [2.24, 2.45) is 5.92 Å². The van der Waals surface area contributed by atoms with Gasteiger partial charge in [-0.05, 0) is 0 Å². The number of nitrogens with zero attached hydrogens (tertiary/aromatic N) is 5. The van der Waals surface area contributed by atoms with Crippen molar-refractivity contribution < 1.29 is 14.3 Å². The lowest BCUT2D eigenvalue weighted by Gasteiger charge is -2.20. The van der Waals surface area contributed by atoms with Crippen molar-refractivity contribution in [3.63, 3.8) is 0 Å². The topological polar surface area (TPSA) is 99.4 Å². The van der Waals surface area contributed by atoms with Crippen molar-refractivity contribution in [2.45, 2.75) is 18.9 Å². The van der Waals surface area contributed by atoms with E-state index in [0.29, 0.717) is 26.1 Å². The molecule has 2 aliphatic heterocycles. The van der Waals surface area contributed by atoms with Gasteiger partial charge in [-0.25, -0.2) is 9.97 Å². The second kappa shape index (κ2) is 6.20. The molecule has 0 aromatic carbocycles. The van der Waals surface area contributed by atoms with Crippen LogP contribution in [0.25, 0.3) is 0 Å². The zero-order valence-electron chi connectivity index (χ0n) is 12.8. The molecule has 2 atom stereocenters. The van der Waals surface area contributed by atoms with Gasteiger partial charge in [0.25, 0.3) is 5.88 Å². The number of aromatic nitrogens is 2. The molecule has 3 rings (SSSR count). The Bertz CT molecular complexity index is 671. The molecule has 2 amide bonds. The standard InChI is InChI=1S/C15H17N5O3/c1-19-8-10(6-13(19)21)15(22)20-5-2-11(9-20)23-14-12(7-16)17-3-4-18-14/h3-4,10-11H,2,5-6,8-9H2,1H3. The molecule has 0 saturated carbocycles. The Morgan fingerprint density at radius 3 is 2.87 bits per heavy atom. The molecule has 0 N–H and O–H groups in total. The van der Waals surface area contributed by atoms with E-state index in [1.165, 1.54) is 12.4 Å². The second-order valence-corrected chi connectivity index (χ2v) is 5.81. The van der Waals surface area contributed by atoms with E-state index in [-0.39, 0.29) is 41.8 Å². The van der Waals surface area contributed by atoms with Crippen LogP contribution in [-0.2, 0) is 9.59 Å². The summed E-state index contributed by atoms with van der Waals surface area (Å²) < 4.78 is 5.72. The molecule has 0 aliphatic carbocycles. The minimum absolute atomic E-state index is 0.00606. The van der Waals surface area contributed by atoms with Crippen molar-refractivity contribution in [2.75, 3.05) is 26.7 Å². The lowest BCUT2D eigenvalue weighted by Crippen LogP contribution is -2.36. The number of carbonyl (C=O) groups excluding carboxylic acids is 2. The van der Waals surface area contributed by atoms with Crippen LogP contribution < -0.4 is 4.74 Å². The van der Waals surface area contributed by atoms with Gasteiger partial charge in [0.2, 0.25) is 17.5 Å². The molecule has 120 valence electrons. The van der Waals surface area contributed by atoms with Crippen LogP contribution in [-0.4, -0.2) is 64.4 Å². The first-order valence-corrected chi connectivity index (χ1v) is 7.49. The predicted molar refractivity (Wildman–Crippen MR) is 78.1 cm³/mol. The molecule has 1 aromatic rings. The van der Waals surface area contributed by atoms with Gasteiger partial charge in [0.1, 0.15) is 12.2 Å². The van der Waals surface area contributed by atoms with E-state index in [1.54, 1.807) is 16.8 Å². The van der Waals surface area contributed by atoms with Crippen molar-refractivity contribution in [3.05, 3.63) is 18.1 Å². The summed E-state index contributed by atoms with van der Waals surface area (Å²) in [5.41, 5.74) is 0.139. The van der Waals surface area contributed by atoms with Crippen LogP contribution in [0.3, 0.4) is 0 Å². The Labute approximate surface area is 133 Å². The fourth-order valence-corrected chi connectivity index (χ4v) is 2.96. The summed E-state index contributed by atoms with van der Waals surface area (Å²) in [6, 6.07) is 1.94. The largest absolute Gasteiger partial charge is 0.470 e. The number of hydrogen-bond acceptors (Lipinski definition) is 6. The van der Waals surface area contributed by atoms with Gasteiger partial charge in [0.15, 0.2) is 0 Å². The summed E-state index contributed by atoms with van der Waals surface area (Å²) in [6.07, 6.45) is 3.64. The monoisotopic (exact) mass is 315 g/mol. The summed E-state index contributed by atoms with van der Waals surface area (Å²) in [5, 5.41) is 8.99. The van der Waals surface area contributed by atoms with Gasteiger partial charge in [0, 0.05) is 45.4 Å². The number of nitriles is 1. The van der Waals surface area contributed by atoms with E-state index < -0.39 is 0 Å². The van der Waals surface area contributed by atoms with Crippen LogP contribution in [0, 0.1) is 17.2 Å². The van der Waals surface area contributed by atoms with Gasteiger partial charge in [-0.2, -0.15) is 5.26 Å². The average Bonchev–Trinajstić information content (AvgIpc) is 3.15. The SMILES string of the molecule is CN1CC(C(=O)N2CCC(Oc3nccnc3C#N)C2)CC1=O. The van der Waals surface area contributed by atoms with Crippen LogP contribution in [0.5, 0.6) is 5.88 Å². The molecular weight excluding hydrogens is 298 g/mol.